The van der Waals surface area contributed by atoms with Crippen LogP contribution >= 0.6 is 11.8 Å². The zero-order valence-corrected chi connectivity index (χ0v) is 10.2. The lowest BCUT2D eigenvalue weighted by atomic mass is 10.2. The van der Waals surface area contributed by atoms with Gasteiger partial charge in [-0.25, -0.2) is 0 Å². The fourth-order valence-electron chi connectivity index (χ4n) is 1.38. The molecular formula is C11H11N5S. The average Bonchev–Trinajstić information content (AvgIpc) is 2.73. The van der Waals surface area contributed by atoms with Crippen LogP contribution in [0.15, 0.2) is 29.7 Å². The fraction of sp³-hybridized carbons (Fsp3) is 0.273. The third kappa shape index (κ3) is 2.63. The molecule has 0 bridgehead atoms. The van der Waals surface area contributed by atoms with E-state index < -0.39 is 0 Å². The normalized spacial score (nSPS) is 10.1. The van der Waals surface area contributed by atoms with Crippen LogP contribution in [0.5, 0.6) is 0 Å². The molecule has 0 N–H and O–H groups in total. The highest BCUT2D eigenvalue weighted by molar-refractivity contribution is 7.99. The second kappa shape index (κ2) is 5.46. The van der Waals surface area contributed by atoms with Crippen molar-refractivity contribution in [1.29, 1.82) is 5.26 Å². The smallest absolute Gasteiger partial charge is 0.191 e. The minimum absolute atomic E-state index is 0.516. The van der Waals surface area contributed by atoms with E-state index in [9.17, 15) is 0 Å². The van der Waals surface area contributed by atoms with Gasteiger partial charge in [0.15, 0.2) is 11.0 Å². The van der Waals surface area contributed by atoms with E-state index in [4.69, 9.17) is 5.26 Å². The highest BCUT2D eigenvalue weighted by atomic mass is 32.2. The summed E-state index contributed by atoms with van der Waals surface area (Å²) >= 11 is 1.54. The second-order valence-corrected chi connectivity index (χ2v) is 4.42. The number of rotatable bonds is 4. The van der Waals surface area contributed by atoms with Gasteiger partial charge in [0, 0.05) is 37.2 Å². The highest BCUT2D eigenvalue weighted by Crippen LogP contribution is 2.22. The van der Waals surface area contributed by atoms with Gasteiger partial charge in [0.05, 0.1) is 6.07 Å². The monoisotopic (exact) mass is 245 g/mol. The van der Waals surface area contributed by atoms with E-state index >= 15 is 0 Å². The Morgan fingerprint density at radius 1 is 1.35 bits per heavy atom. The van der Waals surface area contributed by atoms with Crippen molar-refractivity contribution >= 4 is 11.8 Å². The number of nitriles is 1. The van der Waals surface area contributed by atoms with E-state index in [1.54, 1.807) is 12.4 Å². The zero-order valence-electron chi connectivity index (χ0n) is 9.37. The molecule has 0 saturated heterocycles. The van der Waals surface area contributed by atoms with Crippen LogP contribution < -0.4 is 0 Å². The minimum atomic E-state index is 0.516. The van der Waals surface area contributed by atoms with Gasteiger partial charge in [-0.1, -0.05) is 11.8 Å². The Kier molecular flexibility index (Phi) is 3.73. The van der Waals surface area contributed by atoms with Crippen molar-refractivity contribution in [3.63, 3.8) is 0 Å². The first-order valence-corrected chi connectivity index (χ1v) is 6.11. The molecule has 86 valence electrons. The maximum Gasteiger partial charge on any atom is 0.191 e. The first kappa shape index (κ1) is 11.6. The Bertz CT molecular complexity index is 529. The van der Waals surface area contributed by atoms with E-state index in [0.29, 0.717) is 6.42 Å². The lowest BCUT2D eigenvalue weighted by Gasteiger charge is -2.02. The van der Waals surface area contributed by atoms with Gasteiger partial charge in [-0.15, -0.1) is 10.2 Å². The van der Waals surface area contributed by atoms with Crippen LogP contribution in [0.3, 0.4) is 0 Å². The van der Waals surface area contributed by atoms with Gasteiger partial charge in [0.1, 0.15) is 0 Å². The van der Waals surface area contributed by atoms with Crippen LogP contribution in [0.4, 0.5) is 0 Å². The van der Waals surface area contributed by atoms with Crippen molar-refractivity contribution in [2.45, 2.75) is 11.6 Å². The summed E-state index contributed by atoms with van der Waals surface area (Å²) in [6.45, 7) is 0. The second-order valence-electron chi connectivity index (χ2n) is 3.36. The van der Waals surface area contributed by atoms with E-state index in [1.807, 2.05) is 23.7 Å². The van der Waals surface area contributed by atoms with Gasteiger partial charge in [0.2, 0.25) is 0 Å². The van der Waals surface area contributed by atoms with Crippen LogP contribution in [0.2, 0.25) is 0 Å². The Labute approximate surface area is 104 Å². The SMILES string of the molecule is Cn1c(SCCC#N)nnc1-c1ccncc1. The maximum absolute atomic E-state index is 8.48. The van der Waals surface area contributed by atoms with Crippen molar-refractivity contribution in [2.75, 3.05) is 5.75 Å². The van der Waals surface area contributed by atoms with Crippen molar-refractivity contribution in [3.8, 4) is 17.5 Å². The van der Waals surface area contributed by atoms with Crippen LogP contribution in [0.1, 0.15) is 6.42 Å². The van der Waals surface area contributed by atoms with Crippen molar-refractivity contribution in [1.82, 2.24) is 19.7 Å². The summed E-state index contributed by atoms with van der Waals surface area (Å²) in [6, 6.07) is 5.90. The summed E-state index contributed by atoms with van der Waals surface area (Å²) < 4.78 is 1.93. The lowest BCUT2D eigenvalue weighted by molar-refractivity contribution is 0.793. The summed E-state index contributed by atoms with van der Waals surface area (Å²) in [4.78, 5) is 3.97. The Hall–Kier alpha value is -1.87. The number of hydrogen-bond donors (Lipinski definition) is 0. The molecule has 2 rings (SSSR count). The number of pyridine rings is 1. The van der Waals surface area contributed by atoms with Gasteiger partial charge in [-0.3, -0.25) is 4.98 Å². The van der Waals surface area contributed by atoms with Crippen molar-refractivity contribution in [2.24, 2.45) is 7.05 Å². The summed E-state index contributed by atoms with van der Waals surface area (Å²) in [6.07, 6.45) is 3.97. The topological polar surface area (TPSA) is 67.4 Å². The molecule has 17 heavy (non-hydrogen) atoms. The first-order chi connectivity index (χ1) is 8.33. The molecule has 2 heterocycles. The summed E-state index contributed by atoms with van der Waals surface area (Å²) in [5.74, 6) is 1.55. The molecule has 0 amide bonds. The summed E-state index contributed by atoms with van der Waals surface area (Å²) in [5, 5.41) is 17.6. The molecule has 0 spiro atoms. The molecular weight excluding hydrogens is 234 g/mol. The summed E-state index contributed by atoms with van der Waals surface area (Å²) in [5.41, 5.74) is 0.988. The fourth-order valence-corrected chi connectivity index (χ4v) is 2.14. The predicted molar refractivity (Wildman–Crippen MR) is 65.2 cm³/mol. The van der Waals surface area contributed by atoms with E-state index in [2.05, 4.69) is 21.3 Å². The van der Waals surface area contributed by atoms with Gasteiger partial charge >= 0.3 is 0 Å². The minimum Gasteiger partial charge on any atom is -0.305 e. The standard InChI is InChI=1S/C11H11N5S/c1-16-10(9-3-6-13-7-4-9)14-15-11(16)17-8-2-5-12/h3-4,6-7H,2,8H2,1H3. The van der Waals surface area contributed by atoms with Crippen LogP contribution in [0, 0.1) is 11.3 Å². The molecule has 5 nitrogen and oxygen atoms in total. The molecule has 0 aliphatic carbocycles. The van der Waals surface area contributed by atoms with Crippen molar-refractivity contribution < 1.29 is 0 Å². The van der Waals surface area contributed by atoms with Gasteiger partial charge in [0.25, 0.3) is 0 Å². The van der Waals surface area contributed by atoms with E-state index in [1.165, 1.54) is 11.8 Å². The number of aromatic nitrogens is 4. The van der Waals surface area contributed by atoms with Gasteiger partial charge in [-0.05, 0) is 12.1 Å². The van der Waals surface area contributed by atoms with Gasteiger partial charge in [-0.2, -0.15) is 5.26 Å². The molecule has 0 atom stereocenters. The molecule has 0 fully saturated rings. The van der Waals surface area contributed by atoms with Crippen molar-refractivity contribution in [3.05, 3.63) is 24.5 Å². The molecule has 2 aromatic heterocycles. The molecule has 0 saturated carbocycles. The van der Waals surface area contributed by atoms with Crippen LogP contribution in [0.25, 0.3) is 11.4 Å². The third-order valence-electron chi connectivity index (χ3n) is 2.22. The maximum atomic E-state index is 8.48. The Morgan fingerprint density at radius 2 is 2.12 bits per heavy atom. The average molecular weight is 245 g/mol. The predicted octanol–water partition coefficient (Wildman–Crippen LogP) is 1.88. The van der Waals surface area contributed by atoms with E-state index in [-0.39, 0.29) is 0 Å². The number of hydrogen-bond acceptors (Lipinski definition) is 5. The molecule has 0 aromatic carbocycles. The highest BCUT2D eigenvalue weighted by Gasteiger charge is 2.10. The van der Waals surface area contributed by atoms with Gasteiger partial charge < -0.3 is 4.57 Å². The van der Waals surface area contributed by atoms with Crippen LogP contribution in [-0.2, 0) is 7.05 Å². The third-order valence-corrected chi connectivity index (χ3v) is 3.24. The largest absolute Gasteiger partial charge is 0.305 e. The van der Waals surface area contributed by atoms with E-state index in [0.717, 1.165) is 22.3 Å². The quantitative estimate of drug-likeness (QED) is 0.607. The number of thioether (sulfide) groups is 1. The summed E-state index contributed by atoms with van der Waals surface area (Å²) in [7, 11) is 1.92. The molecule has 6 heteroatoms. The molecule has 0 unspecified atom stereocenters. The Balaban J connectivity index is 2.19. The lowest BCUT2D eigenvalue weighted by Crippen LogP contribution is -1.95. The van der Waals surface area contributed by atoms with Crippen LogP contribution in [-0.4, -0.2) is 25.5 Å². The first-order valence-electron chi connectivity index (χ1n) is 5.12. The Morgan fingerprint density at radius 3 is 2.82 bits per heavy atom. The molecule has 0 aliphatic rings. The molecule has 0 aliphatic heterocycles. The molecule has 0 radical (unpaired) electrons. The molecule has 2 aromatic rings. The number of nitrogens with zero attached hydrogens (tertiary/aromatic N) is 5. The zero-order chi connectivity index (χ0) is 12.1.